The summed E-state index contributed by atoms with van der Waals surface area (Å²) in [5.41, 5.74) is 3.15. The number of ether oxygens (including phenoxy) is 2. The predicted octanol–water partition coefficient (Wildman–Crippen LogP) is 6.83. The summed E-state index contributed by atoms with van der Waals surface area (Å²) in [5.74, 6) is 1.76. The highest BCUT2D eigenvalue weighted by Crippen LogP contribution is 2.49. The second kappa shape index (κ2) is 8.98. The van der Waals surface area contributed by atoms with Gasteiger partial charge in [-0.2, -0.15) is 0 Å². The molecule has 0 amide bonds. The lowest BCUT2D eigenvalue weighted by atomic mass is 10.0. The summed E-state index contributed by atoms with van der Waals surface area (Å²) in [6, 6.07) is 40.5. The van der Waals surface area contributed by atoms with Crippen LogP contribution in [0.5, 0.6) is 23.3 Å². The monoisotopic (exact) mass is 512 g/mol. The van der Waals surface area contributed by atoms with E-state index in [2.05, 4.69) is 9.97 Å². The molecule has 5 aromatic carbocycles. The Hall–Kier alpha value is -4.73. The van der Waals surface area contributed by atoms with E-state index in [9.17, 15) is 4.57 Å². The number of para-hydroxylation sites is 3. The molecular formula is C32H21N2O3P. The minimum atomic E-state index is -3.13. The largest absolute Gasteiger partial charge is 0.431 e. The SMILES string of the molecule is O=P(c1ccccc1)(c1ccccc1)c1cccc(-c2cccc3c2Oc2nc4ccccc4nc2O3)c1. The van der Waals surface area contributed by atoms with Crippen molar-refractivity contribution in [2.45, 2.75) is 0 Å². The highest BCUT2D eigenvalue weighted by molar-refractivity contribution is 7.85. The van der Waals surface area contributed by atoms with Gasteiger partial charge in [-0.3, -0.25) is 0 Å². The maximum absolute atomic E-state index is 14.9. The summed E-state index contributed by atoms with van der Waals surface area (Å²) in [7, 11) is -3.13. The standard InChI is InChI=1S/C32H21N2O3P/c35-38(23-12-3-1-4-13-23,24-14-5-2-6-15-24)25-16-9-11-22(21-25)26-17-10-20-29-30(26)37-32-31(36-29)33-27-18-7-8-19-28(27)34-32/h1-21H. The van der Waals surface area contributed by atoms with Crippen molar-refractivity contribution < 1.29 is 14.0 Å². The molecule has 38 heavy (non-hydrogen) atoms. The van der Waals surface area contributed by atoms with Crippen molar-refractivity contribution in [3.8, 4) is 34.4 Å². The second-order valence-electron chi connectivity index (χ2n) is 8.99. The smallest absolute Gasteiger partial charge is 0.284 e. The van der Waals surface area contributed by atoms with Gasteiger partial charge in [0.1, 0.15) is 0 Å². The molecule has 0 aliphatic carbocycles. The molecule has 0 fully saturated rings. The van der Waals surface area contributed by atoms with E-state index in [1.54, 1.807) is 0 Å². The Morgan fingerprint density at radius 1 is 0.526 bits per heavy atom. The molecule has 1 aromatic heterocycles. The van der Waals surface area contributed by atoms with Crippen LogP contribution in [0.2, 0.25) is 0 Å². The van der Waals surface area contributed by atoms with Crippen LogP contribution < -0.4 is 25.4 Å². The van der Waals surface area contributed by atoms with Crippen LogP contribution in [0, 0.1) is 0 Å². The lowest BCUT2D eigenvalue weighted by Gasteiger charge is -2.23. The van der Waals surface area contributed by atoms with Gasteiger partial charge in [0.05, 0.1) is 11.0 Å². The van der Waals surface area contributed by atoms with Gasteiger partial charge in [-0.25, -0.2) is 9.97 Å². The van der Waals surface area contributed by atoms with Gasteiger partial charge in [0, 0.05) is 21.5 Å². The zero-order valence-corrected chi connectivity index (χ0v) is 21.1. The minimum Gasteiger partial charge on any atom is -0.431 e. The zero-order chi connectivity index (χ0) is 25.5. The number of hydrogen-bond acceptors (Lipinski definition) is 5. The number of fused-ring (bicyclic) bond motifs is 3. The van der Waals surface area contributed by atoms with E-state index < -0.39 is 7.14 Å². The van der Waals surface area contributed by atoms with Crippen molar-refractivity contribution in [3.05, 3.63) is 127 Å². The lowest BCUT2D eigenvalue weighted by molar-refractivity contribution is 0.340. The van der Waals surface area contributed by atoms with Crippen molar-refractivity contribution in [1.82, 2.24) is 9.97 Å². The average Bonchev–Trinajstić information content (AvgIpc) is 2.99. The lowest BCUT2D eigenvalue weighted by Crippen LogP contribution is -2.25. The number of aromatic nitrogens is 2. The molecule has 2 heterocycles. The summed E-state index contributed by atoms with van der Waals surface area (Å²) in [4.78, 5) is 9.22. The highest BCUT2D eigenvalue weighted by Gasteiger charge is 2.31. The fourth-order valence-electron chi connectivity index (χ4n) is 4.82. The van der Waals surface area contributed by atoms with Gasteiger partial charge in [0.15, 0.2) is 18.6 Å². The molecule has 7 rings (SSSR count). The first-order chi connectivity index (χ1) is 18.7. The molecule has 6 aromatic rings. The van der Waals surface area contributed by atoms with Crippen LogP contribution in [0.3, 0.4) is 0 Å². The van der Waals surface area contributed by atoms with E-state index in [1.165, 1.54) is 0 Å². The molecule has 1 aliphatic rings. The van der Waals surface area contributed by atoms with Crippen LogP contribution in [0.1, 0.15) is 0 Å². The maximum atomic E-state index is 14.9. The van der Waals surface area contributed by atoms with Crippen molar-refractivity contribution in [2.24, 2.45) is 0 Å². The Kier molecular flexibility index (Phi) is 5.31. The van der Waals surface area contributed by atoms with Gasteiger partial charge in [-0.05, 0) is 29.8 Å². The predicted molar refractivity (Wildman–Crippen MR) is 151 cm³/mol. The van der Waals surface area contributed by atoms with Gasteiger partial charge in [-0.1, -0.05) is 103 Å². The highest BCUT2D eigenvalue weighted by atomic mass is 31.2. The summed E-state index contributed by atoms with van der Waals surface area (Å²) in [5, 5.41) is 2.32. The van der Waals surface area contributed by atoms with Crippen LogP contribution in [0.15, 0.2) is 127 Å². The molecule has 0 radical (unpaired) electrons. The molecule has 0 saturated heterocycles. The molecule has 0 atom stereocenters. The molecule has 0 bridgehead atoms. The van der Waals surface area contributed by atoms with E-state index in [-0.39, 0.29) is 0 Å². The summed E-state index contributed by atoms with van der Waals surface area (Å²) < 4.78 is 27.3. The Morgan fingerprint density at radius 2 is 1.08 bits per heavy atom. The van der Waals surface area contributed by atoms with E-state index >= 15 is 0 Å². The molecule has 0 unspecified atom stereocenters. The van der Waals surface area contributed by atoms with Crippen molar-refractivity contribution in [3.63, 3.8) is 0 Å². The molecule has 0 N–H and O–H groups in total. The van der Waals surface area contributed by atoms with E-state index in [4.69, 9.17) is 9.47 Å². The van der Waals surface area contributed by atoms with Crippen LogP contribution in [-0.2, 0) is 4.57 Å². The number of rotatable bonds is 4. The number of benzene rings is 5. The quantitative estimate of drug-likeness (QED) is 0.242. The number of nitrogens with zero attached hydrogens (tertiary/aromatic N) is 2. The Labute approximate surface area is 219 Å². The van der Waals surface area contributed by atoms with Crippen molar-refractivity contribution in [1.29, 1.82) is 0 Å². The second-order valence-corrected chi connectivity index (χ2v) is 11.8. The third kappa shape index (κ3) is 3.68. The third-order valence-electron chi connectivity index (χ3n) is 6.65. The summed E-state index contributed by atoms with van der Waals surface area (Å²) in [6.45, 7) is 0. The Morgan fingerprint density at radius 3 is 1.74 bits per heavy atom. The molecule has 0 spiro atoms. The number of hydrogen-bond donors (Lipinski definition) is 0. The van der Waals surface area contributed by atoms with E-state index in [0.29, 0.717) is 23.3 Å². The topological polar surface area (TPSA) is 61.3 Å². The Balaban J connectivity index is 1.36. The first kappa shape index (κ1) is 22.5. The fraction of sp³-hybridized carbons (Fsp3) is 0. The molecule has 0 saturated carbocycles. The van der Waals surface area contributed by atoms with Gasteiger partial charge in [-0.15, -0.1) is 0 Å². The van der Waals surface area contributed by atoms with Crippen molar-refractivity contribution in [2.75, 3.05) is 0 Å². The minimum absolute atomic E-state index is 0.319. The average molecular weight is 513 g/mol. The maximum Gasteiger partial charge on any atom is 0.284 e. The fourth-order valence-corrected chi connectivity index (χ4v) is 7.52. The van der Waals surface area contributed by atoms with E-state index in [1.807, 2.05) is 127 Å². The summed E-state index contributed by atoms with van der Waals surface area (Å²) >= 11 is 0. The van der Waals surface area contributed by atoms with Gasteiger partial charge in [0.25, 0.3) is 11.8 Å². The third-order valence-corrected chi connectivity index (χ3v) is 9.71. The first-order valence-corrected chi connectivity index (χ1v) is 14.0. The van der Waals surface area contributed by atoms with Crippen LogP contribution in [0.4, 0.5) is 0 Å². The van der Waals surface area contributed by atoms with Gasteiger partial charge >= 0.3 is 0 Å². The molecule has 5 nitrogen and oxygen atoms in total. The van der Waals surface area contributed by atoms with E-state index in [0.717, 1.165) is 38.1 Å². The zero-order valence-electron chi connectivity index (χ0n) is 20.2. The van der Waals surface area contributed by atoms with Gasteiger partial charge < -0.3 is 14.0 Å². The molecular weight excluding hydrogens is 491 g/mol. The molecule has 1 aliphatic heterocycles. The van der Waals surface area contributed by atoms with Crippen molar-refractivity contribution >= 4 is 34.1 Å². The molecule has 182 valence electrons. The Bertz CT molecular complexity index is 1810. The van der Waals surface area contributed by atoms with Crippen LogP contribution >= 0.6 is 7.14 Å². The van der Waals surface area contributed by atoms with Crippen LogP contribution in [-0.4, -0.2) is 9.97 Å². The summed E-state index contributed by atoms with van der Waals surface area (Å²) in [6.07, 6.45) is 0. The first-order valence-electron chi connectivity index (χ1n) is 12.3. The normalized spacial score (nSPS) is 12.2. The molecule has 6 heteroatoms. The van der Waals surface area contributed by atoms with Crippen LogP contribution in [0.25, 0.3) is 22.2 Å². The van der Waals surface area contributed by atoms with Gasteiger partial charge in [0.2, 0.25) is 0 Å².